The molecule has 6 rings (SSSR count). The van der Waals surface area contributed by atoms with Crippen LogP contribution in [0.15, 0.2) is 30.7 Å². The van der Waals surface area contributed by atoms with Crippen molar-refractivity contribution in [1.82, 2.24) is 29.9 Å². The van der Waals surface area contributed by atoms with Gasteiger partial charge in [-0.1, -0.05) is 11.3 Å². The van der Waals surface area contributed by atoms with Gasteiger partial charge in [0.2, 0.25) is 5.95 Å². The van der Waals surface area contributed by atoms with Crippen LogP contribution in [0.25, 0.3) is 32.3 Å². The Labute approximate surface area is 199 Å². The van der Waals surface area contributed by atoms with Gasteiger partial charge < -0.3 is 25.0 Å². The van der Waals surface area contributed by atoms with Crippen LogP contribution in [0, 0.1) is 0 Å². The number of nitrogens with two attached hydrogens (primary N) is 1. The van der Waals surface area contributed by atoms with Crippen LogP contribution in [0.2, 0.25) is 0 Å². The zero-order chi connectivity index (χ0) is 22.9. The van der Waals surface area contributed by atoms with Crippen molar-refractivity contribution in [2.45, 2.75) is 0 Å². The van der Waals surface area contributed by atoms with Gasteiger partial charge >= 0.3 is 0 Å². The molecule has 2 saturated heterocycles. The minimum Gasteiger partial charge on any atom is -0.378 e. The first-order valence-corrected chi connectivity index (χ1v) is 11.9. The van der Waals surface area contributed by atoms with Gasteiger partial charge in [0.25, 0.3) is 0 Å². The molecular weight excluding hydrogens is 454 g/mol. The molecule has 0 radical (unpaired) electrons. The summed E-state index contributed by atoms with van der Waals surface area (Å²) in [5.41, 5.74) is 8.09. The molecule has 6 heterocycles. The maximum Gasteiger partial charge on any atom is 0.219 e. The summed E-state index contributed by atoms with van der Waals surface area (Å²) in [7, 11) is 0. The molecule has 4 aromatic rings. The van der Waals surface area contributed by atoms with E-state index < -0.39 is 0 Å². The summed E-state index contributed by atoms with van der Waals surface area (Å²) in [5, 5.41) is 0.852. The van der Waals surface area contributed by atoms with Gasteiger partial charge in [-0.15, -0.1) is 0 Å². The Hall–Kier alpha value is -3.48. The van der Waals surface area contributed by atoms with Gasteiger partial charge in [-0.25, -0.2) is 29.9 Å². The third kappa shape index (κ3) is 4.11. The number of pyridine rings is 1. The molecule has 4 aromatic heterocycles. The average molecular weight is 478 g/mol. The highest BCUT2D eigenvalue weighted by atomic mass is 32.1. The highest BCUT2D eigenvalue weighted by Gasteiger charge is 2.22. The number of ether oxygens (including phenoxy) is 2. The number of hydrogen-bond donors (Lipinski definition) is 1. The van der Waals surface area contributed by atoms with Gasteiger partial charge in [-0.05, 0) is 12.1 Å². The molecule has 2 aliphatic heterocycles. The predicted octanol–water partition coefficient (Wildman–Crippen LogP) is 1.86. The van der Waals surface area contributed by atoms with Gasteiger partial charge in [-0.3, -0.25) is 0 Å². The second-order valence-electron chi connectivity index (χ2n) is 7.98. The molecule has 0 bridgehead atoms. The number of hydrogen-bond acceptors (Lipinski definition) is 12. The van der Waals surface area contributed by atoms with Crippen LogP contribution in [0.5, 0.6) is 0 Å². The van der Waals surface area contributed by atoms with E-state index in [0.29, 0.717) is 24.6 Å². The van der Waals surface area contributed by atoms with E-state index >= 15 is 0 Å². The van der Waals surface area contributed by atoms with E-state index in [0.717, 1.165) is 71.9 Å². The number of morpholine rings is 2. The lowest BCUT2D eigenvalue weighted by Crippen LogP contribution is -2.37. The van der Waals surface area contributed by atoms with Crippen LogP contribution in [0.4, 0.5) is 17.6 Å². The number of nitrogens with zero attached hydrogens (tertiary/aromatic N) is 8. The molecule has 2 N–H and O–H groups in total. The molecule has 0 saturated carbocycles. The number of fused-ring (bicyclic) bond motifs is 1. The van der Waals surface area contributed by atoms with E-state index in [1.165, 1.54) is 11.3 Å². The Kier molecular flexibility index (Phi) is 5.61. The van der Waals surface area contributed by atoms with Crippen molar-refractivity contribution >= 4 is 39.3 Å². The fraction of sp³-hybridized carbons (Fsp3) is 0.364. The first-order valence-electron chi connectivity index (χ1n) is 11.1. The molecule has 2 aliphatic rings. The standard InChI is InChI=1S/C22H23N9O2S/c23-22-25-12-15(13-26-22)18-28-19(31-5-9-33-10-6-31)17-21(29-18)34-20(27-17)14-1-2-16(24-11-14)30-3-7-32-8-4-30/h1-2,11-13H,3-10H2,(H2,23,25,26). The Morgan fingerprint density at radius 1 is 0.765 bits per heavy atom. The van der Waals surface area contributed by atoms with Crippen molar-refractivity contribution in [3.8, 4) is 22.0 Å². The summed E-state index contributed by atoms with van der Waals surface area (Å²) in [4.78, 5) is 32.7. The second kappa shape index (κ2) is 9.05. The zero-order valence-corrected chi connectivity index (χ0v) is 19.2. The molecule has 34 heavy (non-hydrogen) atoms. The van der Waals surface area contributed by atoms with Crippen LogP contribution >= 0.6 is 11.3 Å². The fourth-order valence-corrected chi connectivity index (χ4v) is 4.93. The van der Waals surface area contributed by atoms with Gasteiger partial charge in [0.1, 0.15) is 21.2 Å². The molecule has 0 aliphatic carbocycles. The number of nitrogen functional groups attached to an aromatic ring is 1. The smallest absolute Gasteiger partial charge is 0.219 e. The highest BCUT2D eigenvalue weighted by molar-refractivity contribution is 7.21. The Morgan fingerprint density at radius 3 is 2.12 bits per heavy atom. The van der Waals surface area contributed by atoms with Crippen LogP contribution in [-0.2, 0) is 9.47 Å². The molecule has 0 amide bonds. The van der Waals surface area contributed by atoms with E-state index in [2.05, 4.69) is 30.8 Å². The summed E-state index contributed by atoms with van der Waals surface area (Å²) in [6.45, 7) is 5.94. The minimum absolute atomic E-state index is 0.214. The number of aromatic nitrogens is 6. The number of anilines is 3. The Bertz CT molecular complexity index is 1280. The fourth-order valence-electron chi connectivity index (χ4n) is 4.00. The monoisotopic (exact) mass is 477 g/mol. The summed E-state index contributed by atoms with van der Waals surface area (Å²) in [5.74, 6) is 2.50. The lowest BCUT2D eigenvalue weighted by Gasteiger charge is -2.28. The molecule has 0 atom stereocenters. The van der Waals surface area contributed by atoms with E-state index in [1.807, 2.05) is 12.3 Å². The SMILES string of the molecule is Nc1ncc(-c2nc(N3CCOCC3)c3nc(-c4ccc(N5CCOCC5)nc4)sc3n2)cn1. The first-order chi connectivity index (χ1) is 16.7. The minimum atomic E-state index is 0.214. The first kappa shape index (κ1) is 21.1. The summed E-state index contributed by atoms with van der Waals surface area (Å²) in [6, 6.07) is 4.10. The lowest BCUT2D eigenvalue weighted by molar-refractivity contribution is 0.122. The summed E-state index contributed by atoms with van der Waals surface area (Å²) in [6.07, 6.45) is 5.16. The molecule has 11 nitrogen and oxygen atoms in total. The lowest BCUT2D eigenvalue weighted by atomic mass is 10.2. The van der Waals surface area contributed by atoms with Crippen molar-refractivity contribution in [3.63, 3.8) is 0 Å². The van der Waals surface area contributed by atoms with Gasteiger partial charge in [0, 0.05) is 50.3 Å². The molecule has 0 unspecified atom stereocenters. The molecule has 2 fully saturated rings. The van der Waals surface area contributed by atoms with E-state index in [-0.39, 0.29) is 5.95 Å². The quantitative estimate of drug-likeness (QED) is 0.462. The van der Waals surface area contributed by atoms with Crippen LogP contribution in [0.1, 0.15) is 0 Å². The van der Waals surface area contributed by atoms with Gasteiger partial charge in [-0.2, -0.15) is 0 Å². The van der Waals surface area contributed by atoms with E-state index in [9.17, 15) is 0 Å². The van der Waals surface area contributed by atoms with Crippen molar-refractivity contribution in [1.29, 1.82) is 0 Å². The maximum atomic E-state index is 5.66. The maximum absolute atomic E-state index is 5.66. The Morgan fingerprint density at radius 2 is 1.44 bits per heavy atom. The molecule has 174 valence electrons. The van der Waals surface area contributed by atoms with Crippen LogP contribution < -0.4 is 15.5 Å². The zero-order valence-electron chi connectivity index (χ0n) is 18.4. The van der Waals surface area contributed by atoms with Crippen molar-refractivity contribution in [2.24, 2.45) is 0 Å². The highest BCUT2D eigenvalue weighted by Crippen LogP contribution is 2.35. The van der Waals surface area contributed by atoms with Crippen molar-refractivity contribution < 1.29 is 9.47 Å². The normalized spacial score (nSPS) is 16.8. The number of thiazole rings is 1. The largest absolute Gasteiger partial charge is 0.378 e. The van der Waals surface area contributed by atoms with Crippen LogP contribution in [0.3, 0.4) is 0 Å². The second-order valence-corrected chi connectivity index (χ2v) is 8.95. The summed E-state index contributed by atoms with van der Waals surface area (Å²) < 4.78 is 11.0. The van der Waals surface area contributed by atoms with Crippen molar-refractivity contribution in [2.75, 3.05) is 68.1 Å². The molecule has 0 spiro atoms. The average Bonchev–Trinajstić information content (AvgIpc) is 3.34. The third-order valence-electron chi connectivity index (χ3n) is 5.81. The topological polar surface area (TPSA) is 128 Å². The number of rotatable bonds is 4. The van der Waals surface area contributed by atoms with Crippen molar-refractivity contribution in [3.05, 3.63) is 30.7 Å². The van der Waals surface area contributed by atoms with Gasteiger partial charge in [0.05, 0.1) is 32.0 Å². The predicted molar refractivity (Wildman–Crippen MR) is 130 cm³/mol. The van der Waals surface area contributed by atoms with E-state index in [4.69, 9.17) is 30.2 Å². The molecule has 0 aromatic carbocycles. The molecular formula is C22H23N9O2S. The Balaban J connectivity index is 1.39. The summed E-state index contributed by atoms with van der Waals surface area (Å²) >= 11 is 1.52. The third-order valence-corrected chi connectivity index (χ3v) is 6.81. The van der Waals surface area contributed by atoms with E-state index in [1.54, 1.807) is 12.4 Å². The molecule has 12 heteroatoms. The van der Waals surface area contributed by atoms with Gasteiger partial charge in [0.15, 0.2) is 11.6 Å². The van der Waals surface area contributed by atoms with Crippen LogP contribution in [-0.4, -0.2) is 82.5 Å².